The van der Waals surface area contributed by atoms with Gasteiger partial charge in [-0.1, -0.05) is 12.5 Å². The summed E-state index contributed by atoms with van der Waals surface area (Å²) in [5.41, 5.74) is 0.582. The largest absolute Gasteiger partial charge is 0.511 e. The predicted octanol–water partition coefficient (Wildman–Crippen LogP) is 3.75. The van der Waals surface area contributed by atoms with Gasteiger partial charge in [0.2, 0.25) is 0 Å². The van der Waals surface area contributed by atoms with Crippen LogP contribution in [0.2, 0.25) is 0 Å². The van der Waals surface area contributed by atoms with Crippen molar-refractivity contribution in [3.8, 4) is 0 Å². The smallest absolute Gasteiger partial charge is 0.181 e. The second kappa shape index (κ2) is 4.33. The van der Waals surface area contributed by atoms with E-state index in [1.54, 1.807) is 6.08 Å². The second-order valence-electron chi connectivity index (χ2n) is 8.14. The van der Waals surface area contributed by atoms with Crippen molar-refractivity contribution in [3.05, 3.63) is 23.5 Å². The number of rotatable bonds is 0. The number of fused-ring (bicyclic) bond motifs is 5. The highest BCUT2D eigenvalue weighted by Gasteiger charge is 2.60. The molecule has 3 heteroatoms. The molecule has 0 amide bonds. The first-order valence-corrected chi connectivity index (χ1v) is 8.57. The van der Waals surface area contributed by atoms with E-state index in [2.05, 4.69) is 13.8 Å². The maximum absolute atomic E-state index is 12.4. The van der Waals surface area contributed by atoms with Gasteiger partial charge in [-0.05, 0) is 62.9 Å². The molecule has 0 aromatic heterocycles. The number of allylic oxidation sites excluding steroid dienone is 3. The maximum atomic E-state index is 12.4. The third-order valence-corrected chi connectivity index (χ3v) is 7.43. The van der Waals surface area contributed by atoms with E-state index in [0.717, 1.165) is 44.1 Å². The molecule has 3 fully saturated rings. The van der Waals surface area contributed by atoms with Crippen molar-refractivity contribution in [2.45, 2.75) is 52.4 Å². The van der Waals surface area contributed by atoms with Gasteiger partial charge in [0, 0.05) is 23.3 Å². The summed E-state index contributed by atoms with van der Waals surface area (Å²) in [5, 5.41) is 10.6. The van der Waals surface area contributed by atoms with Gasteiger partial charge in [-0.15, -0.1) is 0 Å². The molecular weight excluding hydrogens is 276 g/mol. The fourth-order valence-electron chi connectivity index (χ4n) is 6.07. The molecule has 5 atom stereocenters. The summed E-state index contributed by atoms with van der Waals surface area (Å²) in [6, 6.07) is 0. The van der Waals surface area contributed by atoms with Gasteiger partial charge in [0.05, 0.1) is 0 Å². The Kier molecular flexibility index (Phi) is 2.80. The molecule has 4 aliphatic carbocycles. The van der Waals surface area contributed by atoms with E-state index in [1.807, 2.05) is 0 Å². The van der Waals surface area contributed by atoms with Crippen molar-refractivity contribution in [1.82, 2.24) is 0 Å². The summed E-state index contributed by atoms with van der Waals surface area (Å²) in [6.45, 7) is 4.27. The molecule has 0 radical (unpaired) electrons. The van der Waals surface area contributed by atoms with E-state index < -0.39 is 0 Å². The number of ketones is 2. The Morgan fingerprint density at radius 2 is 1.82 bits per heavy atom. The Morgan fingerprint density at radius 3 is 2.59 bits per heavy atom. The highest BCUT2D eigenvalue weighted by molar-refractivity contribution is 6.01. The molecule has 0 heterocycles. The number of Topliss-reactive ketones (excluding diaryl/α,β-unsaturated/α-hetero) is 1. The molecule has 0 saturated heterocycles. The Hall–Kier alpha value is -1.38. The highest BCUT2D eigenvalue weighted by atomic mass is 16.3. The van der Waals surface area contributed by atoms with E-state index in [1.165, 1.54) is 6.08 Å². The summed E-state index contributed by atoms with van der Waals surface area (Å²) in [5.74, 6) is 1.93. The molecule has 3 saturated carbocycles. The van der Waals surface area contributed by atoms with E-state index in [4.69, 9.17) is 0 Å². The Bertz CT molecular complexity index is 629. The normalized spacial score (nSPS) is 47.3. The third kappa shape index (κ3) is 1.57. The van der Waals surface area contributed by atoms with Crippen LogP contribution in [0.4, 0.5) is 0 Å². The highest BCUT2D eigenvalue weighted by Crippen LogP contribution is 2.64. The average molecular weight is 300 g/mol. The van der Waals surface area contributed by atoms with Crippen LogP contribution in [0.5, 0.6) is 0 Å². The summed E-state index contributed by atoms with van der Waals surface area (Å²) in [6.07, 6.45) is 8.72. The van der Waals surface area contributed by atoms with Crippen molar-refractivity contribution >= 4 is 11.6 Å². The molecule has 0 aromatic carbocycles. The molecule has 0 aliphatic heterocycles. The van der Waals surface area contributed by atoms with Gasteiger partial charge in [-0.3, -0.25) is 9.59 Å². The van der Waals surface area contributed by atoms with Crippen LogP contribution in [-0.4, -0.2) is 16.7 Å². The maximum Gasteiger partial charge on any atom is 0.181 e. The van der Waals surface area contributed by atoms with Crippen LogP contribution in [0.3, 0.4) is 0 Å². The topological polar surface area (TPSA) is 54.4 Å². The number of hydrogen-bond donors (Lipinski definition) is 1. The minimum absolute atomic E-state index is 0.0832. The molecule has 0 aromatic rings. The van der Waals surface area contributed by atoms with E-state index >= 15 is 0 Å². The fraction of sp³-hybridized carbons (Fsp3) is 0.684. The molecular formula is C19H24O3. The second-order valence-corrected chi connectivity index (χ2v) is 8.14. The first-order chi connectivity index (χ1) is 10.4. The number of aliphatic hydroxyl groups is 1. The first-order valence-electron chi connectivity index (χ1n) is 8.57. The summed E-state index contributed by atoms with van der Waals surface area (Å²) in [4.78, 5) is 24.1. The monoisotopic (exact) mass is 300 g/mol. The minimum Gasteiger partial charge on any atom is -0.511 e. The first kappa shape index (κ1) is 14.2. The van der Waals surface area contributed by atoms with Crippen molar-refractivity contribution in [3.63, 3.8) is 0 Å². The standard InChI is InChI=1S/C19H24O3/c1-18-8-7-15-13(14(18)5-6-16(18)21)4-3-11-9-12(20)10-17(22)19(11,15)2/h9-10,13-15,22H,3-8H2,1-2H3/t13-,14-,15-,18-,19-/m0/s1. The lowest BCUT2D eigenvalue weighted by Crippen LogP contribution is -2.51. The van der Waals surface area contributed by atoms with Gasteiger partial charge in [0.25, 0.3) is 0 Å². The molecule has 0 unspecified atom stereocenters. The van der Waals surface area contributed by atoms with Crippen LogP contribution in [0.15, 0.2) is 23.5 Å². The van der Waals surface area contributed by atoms with Crippen LogP contribution in [-0.2, 0) is 9.59 Å². The minimum atomic E-state index is -0.385. The molecule has 0 spiro atoms. The van der Waals surface area contributed by atoms with Crippen LogP contribution in [0.25, 0.3) is 0 Å². The van der Waals surface area contributed by atoms with Crippen LogP contribution in [0.1, 0.15) is 52.4 Å². The third-order valence-electron chi connectivity index (χ3n) is 7.43. The van der Waals surface area contributed by atoms with Crippen LogP contribution in [0, 0.1) is 28.6 Å². The number of carbonyl (C=O) groups is 2. The zero-order chi connectivity index (χ0) is 15.7. The van der Waals surface area contributed by atoms with E-state index in [0.29, 0.717) is 23.5 Å². The van der Waals surface area contributed by atoms with Crippen molar-refractivity contribution in [2.75, 3.05) is 0 Å². The Balaban J connectivity index is 1.75. The van der Waals surface area contributed by atoms with Gasteiger partial charge >= 0.3 is 0 Å². The zero-order valence-corrected chi connectivity index (χ0v) is 13.4. The lowest BCUT2D eigenvalue weighted by molar-refractivity contribution is -0.132. The molecule has 4 rings (SSSR count). The van der Waals surface area contributed by atoms with Gasteiger partial charge < -0.3 is 5.11 Å². The zero-order valence-electron chi connectivity index (χ0n) is 13.4. The van der Waals surface area contributed by atoms with Crippen molar-refractivity contribution in [2.24, 2.45) is 28.6 Å². The van der Waals surface area contributed by atoms with Gasteiger partial charge in [0.15, 0.2) is 5.78 Å². The SMILES string of the molecule is C[C@]12C(O)=CC(=O)C=C1CC[C@@H]1[C@@H]2CC[C@]2(C)C(=O)CC[C@@H]12. The summed E-state index contributed by atoms with van der Waals surface area (Å²) in [7, 11) is 0. The Labute approximate surface area is 131 Å². The van der Waals surface area contributed by atoms with Gasteiger partial charge in [-0.2, -0.15) is 0 Å². The lowest BCUT2D eigenvalue weighted by atomic mass is 9.48. The van der Waals surface area contributed by atoms with Crippen molar-refractivity contribution in [1.29, 1.82) is 0 Å². The molecule has 4 aliphatic rings. The van der Waals surface area contributed by atoms with Crippen molar-refractivity contribution < 1.29 is 14.7 Å². The molecule has 22 heavy (non-hydrogen) atoms. The average Bonchev–Trinajstić information content (AvgIpc) is 2.77. The summed E-state index contributed by atoms with van der Waals surface area (Å²) < 4.78 is 0. The lowest BCUT2D eigenvalue weighted by Gasteiger charge is -2.56. The molecule has 3 nitrogen and oxygen atoms in total. The number of hydrogen-bond acceptors (Lipinski definition) is 3. The van der Waals surface area contributed by atoms with E-state index in [-0.39, 0.29) is 22.4 Å². The molecule has 1 N–H and O–H groups in total. The molecule has 118 valence electrons. The molecule has 0 bridgehead atoms. The van der Waals surface area contributed by atoms with E-state index in [9.17, 15) is 14.7 Å². The van der Waals surface area contributed by atoms with Gasteiger partial charge in [-0.25, -0.2) is 0 Å². The van der Waals surface area contributed by atoms with Gasteiger partial charge in [0.1, 0.15) is 11.5 Å². The quantitative estimate of drug-likeness (QED) is 0.741. The predicted molar refractivity (Wildman–Crippen MR) is 83.2 cm³/mol. The van der Waals surface area contributed by atoms with Crippen LogP contribution < -0.4 is 0 Å². The fourth-order valence-corrected chi connectivity index (χ4v) is 6.07. The number of aliphatic hydroxyl groups excluding tert-OH is 1. The summed E-state index contributed by atoms with van der Waals surface area (Å²) >= 11 is 0. The van der Waals surface area contributed by atoms with Crippen LogP contribution >= 0.6 is 0 Å². The number of carbonyl (C=O) groups excluding carboxylic acids is 2. The Morgan fingerprint density at radius 1 is 1.05 bits per heavy atom.